The highest BCUT2D eigenvalue weighted by Crippen LogP contribution is 2.38. The largest absolute Gasteiger partial charge is 0.417 e. The monoisotopic (exact) mass is 687 g/mol. The SMILES string of the molecule is CC[C@@H](C)NC(=O)[C@@H](C)N(Cc1cccc(Br)c1)C(=O)CN(c1ccc(Cl)c(C(F)(F)F)c1)S(=O)(=O)c1ccccc1. The van der Waals surface area contributed by atoms with Crippen molar-refractivity contribution < 1.29 is 31.2 Å². The van der Waals surface area contributed by atoms with Crippen LogP contribution in [0.3, 0.4) is 0 Å². The molecule has 0 saturated heterocycles. The topological polar surface area (TPSA) is 86.8 Å². The Morgan fingerprint density at radius 3 is 2.26 bits per heavy atom. The van der Waals surface area contributed by atoms with Crippen molar-refractivity contribution in [2.45, 2.75) is 56.9 Å². The summed E-state index contributed by atoms with van der Waals surface area (Å²) in [5.74, 6) is -1.26. The standard InChI is InChI=1S/C29H30BrClF3N3O4S/c1-4-19(2)35-28(39)20(3)36(17-21-9-8-10-22(30)15-21)27(38)18-37(42(40,41)24-11-6-5-7-12-24)23-13-14-26(31)25(16-23)29(32,33)34/h5-16,19-20H,4,17-18H2,1-3H3,(H,35,39)/t19-,20-/m1/s1. The Bertz CT molecular complexity index is 1520. The summed E-state index contributed by atoms with van der Waals surface area (Å²) in [6.45, 7) is 4.24. The van der Waals surface area contributed by atoms with Crippen molar-refractivity contribution in [2.75, 3.05) is 10.8 Å². The third kappa shape index (κ3) is 8.26. The van der Waals surface area contributed by atoms with Crippen LogP contribution in [-0.2, 0) is 32.3 Å². The molecule has 3 aromatic carbocycles. The maximum absolute atomic E-state index is 13.9. The Hall–Kier alpha value is -3.09. The molecule has 7 nitrogen and oxygen atoms in total. The van der Waals surface area contributed by atoms with E-state index in [9.17, 15) is 31.2 Å². The third-order valence-electron chi connectivity index (χ3n) is 6.56. The molecule has 13 heteroatoms. The first-order valence-corrected chi connectivity index (χ1v) is 15.5. The van der Waals surface area contributed by atoms with E-state index in [1.807, 2.05) is 6.92 Å². The zero-order valence-corrected chi connectivity index (χ0v) is 26.2. The zero-order chi connectivity index (χ0) is 31.2. The van der Waals surface area contributed by atoms with E-state index in [2.05, 4.69) is 21.2 Å². The van der Waals surface area contributed by atoms with Crippen LogP contribution in [0.5, 0.6) is 0 Å². The summed E-state index contributed by atoms with van der Waals surface area (Å²) >= 11 is 9.17. The fourth-order valence-corrected chi connectivity index (χ4v) is 6.11. The highest BCUT2D eigenvalue weighted by molar-refractivity contribution is 9.10. The molecule has 0 saturated carbocycles. The number of carbonyl (C=O) groups excluding carboxylic acids is 2. The Morgan fingerprint density at radius 2 is 1.67 bits per heavy atom. The molecule has 226 valence electrons. The van der Waals surface area contributed by atoms with E-state index in [0.717, 1.165) is 16.6 Å². The van der Waals surface area contributed by atoms with Gasteiger partial charge in [0.15, 0.2) is 0 Å². The molecule has 42 heavy (non-hydrogen) atoms. The minimum absolute atomic E-state index is 0.0684. The quantitative estimate of drug-likeness (QED) is 0.245. The number of halogens is 5. The Balaban J connectivity index is 2.11. The lowest BCUT2D eigenvalue weighted by molar-refractivity contribution is -0.139. The van der Waals surface area contributed by atoms with Gasteiger partial charge in [-0.05, 0) is 68.3 Å². The van der Waals surface area contributed by atoms with Crippen LogP contribution < -0.4 is 9.62 Å². The number of benzene rings is 3. The fraction of sp³-hybridized carbons (Fsp3) is 0.310. The molecule has 0 bridgehead atoms. The lowest BCUT2D eigenvalue weighted by Gasteiger charge is -2.32. The highest BCUT2D eigenvalue weighted by Gasteiger charge is 2.37. The summed E-state index contributed by atoms with van der Waals surface area (Å²) in [6.07, 6.45) is -4.24. The molecule has 0 aliphatic heterocycles. The van der Waals surface area contributed by atoms with Gasteiger partial charge in [-0.1, -0.05) is 64.8 Å². The Labute approximate surface area is 256 Å². The van der Waals surface area contributed by atoms with Gasteiger partial charge in [0.2, 0.25) is 11.8 Å². The Morgan fingerprint density at radius 1 is 1.00 bits per heavy atom. The summed E-state index contributed by atoms with van der Waals surface area (Å²) in [5, 5.41) is 2.20. The first-order valence-electron chi connectivity index (χ1n) is 12.9. The number of carbonyl (C=O) groups is 2. The van der Waals surface area contributed by atoms with Crippen molar-refractivity contribution in [3.63, 3.8) is 0 Å². The van der Waals surface area contributed by atoms with Gasteiger partial charge < -0.3 is 10.2 Å². The minimum atomic E-state index is -4.88. The zero-order valence-electron chi connectivity index (χ0n) is 23.0. The van der Waals surface area contributed by atoms with Crippen LogP contribution in [0.4, 0.5) is 18.9 Å². The first kappa shape index (κ1) is 33.4. The summed E-state index contributed by atoms with van der Waals surface area (Å²) in [6, 6.07) is 15.4. The molecule has 3 aromatic rings. The van der Waals surface area contributed by atoms with Crippen molar-refractivity contribution >= 4 is 55.1 Å². The van der Waals surface area contributed by atoms with Crippen LogP contribution >= 0.6 is 27.5 Å². The number of nitrogens with one attached hydrogen (secondary N) is 1. The van der Waals surface area contributed by atoms with E-state index >= 15 is 0 Å². The fourth-order valence-electron chi connectivity index (χ4n) is 4.01. The third-order valence-corrected chi connectivity index (χ3v) is 9.17. The minimum Gasteiger partial charge on any atom is -0.352 e. The molecule has 0 spiro atoms. The highest BCUT2D eigenvalue weighted by atomic mass is 79.9. The van der Waals surface area contributed by atoms with Crippen LogP contribution in [0.15, 0.2) is 82.2 Å². The molecule has 3 rings (SSSR count). The molecule has 2 atom stereocenters. The van der Waals surface area contributed by atoms with Gasteiger partial charge in [0, 0.05) is 17.1 Å². The van der Waals surface area contributed by atoms with Gasteiger partial charge in [0.1, 0.15) is 12.6 Å². The van der Waals surface area contributed by atoms with Crippen molar-refractivity contribution in [2.24, 2.45) is 0 Å². The second kappa shape index (κ2) is 13.9. The van der Waals surface area contributed by atoms with Gasteiger partial charge in [0.25, 0.3) is 10.0 Å². The van der Waals surface area contributed by atoms with Gasteiger partial charge >= 0.3 is 6.18 Å². The molecule has 2 amide bonds. The number of alkyl halides is 3. The number of sulfonamides is 1. The normalized spacial score (nSPS) is 13.2. The lowest BCUT2D eigenvalue weighted by atomic mass is 10.1. The summed E-state index contributed by atoms with van der Waals surface area (Å²) in [4.78, 5) is 28.0. The molecule has 0 heterocycles. The van der Waals surface area contributed by atoms with Gasteiger partial charge in [-0.2, -0.15) is 13.2 Å². The second-order valence-electron chi connectivity index (χ2n) is 9.63. The second-order valence-corrected chi connectivity index (χ2v) is 12.8. The predicted octanol–water partition coefficient (Wildman–Crippen LogP) is 6.65. The molecule has 0 fully saturated rings. The number of hydrogen-bond acceptors (Lipinski definition) is 4. The van der Waals surface area contributed by atoms with Crippen molar-refractivity contribution in [1.29, 1.82) is 0 Å². The molecular weight excluding hydrogens is 659 g/mol. The van der Waals surface area contributed by atoms with Crippen LogP contribution in [0, 0.1) is 0 Å². The lowest BCUT2D eigenvalue weighted by Crippen LogP contribution is -2.52. The smallest absolute Gasteiger partial charge is 0.352 e. The van der Waals surface area contributed by atoms with E-state index in [4.69, 9.17) is 11.6 Å². The maximum atomic E-state index is 13.9. The predicted molar refractivity (Wildman–Crippen MR) is 159 cm³/mol. The average molecular weight is 689 g/mol. The van der Waals surface area contributed by atoms with Crippen LogP contribution in [0.25, 0.3) is 0 Å². The molecule has 0 radical (unpaired) electrons. The van der Waals surface area contributed by atoms with Gasteiger partial charge in [0.05, 0.1) is 21.2 Å². The summed E-state index contributed by atoms with van der Waals surface area (Å²) in [5.41, 5.74) is -1.03. The Kier molecular flexibility index (Phi) is 11.1. The van der Waals surface area contributed by atoms with E-state index in [1.165, 1.54) is 36.1 Å². The summed E-state index contributed by atoms with van der Waals surface area (Å²) < 4.78 is 70.1. The van der Waals surface area contributed by atoms with E-state index < -0.39 is 56.9 Å². The summed E-state index contributed by atoms with van der Waals surface area (Å²) in [7, 11) is -4.54. The van der Waals surface area contributed by atoms with Gasteiger partial charge in [-0.3, -0.25) is 13.9 Å². The van der Waals surface area contributed by atoms with Crippen molar-refractivity contribution in [3.8, 4) is 0 Å². The number of hydrogen-bond donors (Lipinski definition) is 1. The number of amides is 2. The number of nitrogens with zero attached hydrogens (tertiary/aromatic N) is 2. The van der Waals surface area contributed by atoms with Gasteiger partial charge in [-0.25, -0.2) is 8.42 Å². The maximum Gasteiger partial charge on any atom is 0.417 e. The van der Waals surface area contributed by atoms with Crippen molar-refractivity contribution in [3.05, 3.63) is 93.4 Å². The van der Waals surface area contributed by atoms with Crippen LogP contribution in [0.1, 0.15) is 38.3 Å². The molecular formula is C29H30BrClF3N3O4S. The van der Waals surface area contributed by atoms with E-state index in [-0.39, 0.29) is 17.5 Å². The van der Waals surface area contributed by atoms with E-state index in [1.54, 1.807) is 37.3 Å². The molecule has 0 aliphatic rings. The van der Waals surface area contributed by atoms with Crippen molar-refractivity contribution in [1.82, 2.24) is 10.2 Å². The number of anilines is 1. The van der Waals surface area contributed by atoms with E-state index in [0.29, 0.717) is 22.4 Å². The number of rotatable bonds is 11. The average Bonchev–Trinajstić information content (AvgIpc) is 2.94. The van der Waals surface area contributed by atoms with Gasteiger partial charge in [-0.15, -0.1) is 0 Å². The van der Waals surface area contributed by atoms with Crippen LogP contribution in [0.2, 0.25) is 5.02 Å². The molecule has 1 N–H and O–H groups in total. The van der Waals surface area contributed by atoms with Crippen LogP contribution in [-0.4, -0.2) is 43.8 Å². The molecule has 0 aliphatic carbocycles. The molecule has 0 unspecified atom stereocenters. The first-order chi connectivity index (χ1) is 19.6. The molecule has 0 aromatic heterocycles.